The van der Waals surface area contributed by atoms with Gasteiger partial charge in [-0.05, 0) is 43.3 Å². The molecule has 3 aromatic rings. The summed E-state index contributed by atoms with van der Waals surface area (Å²) in [6.45, 7) is 3.15. The zero-order valence-electron chi connectivity index (χ0n) is 18.4. The predicted octanol–water partition coefficient (Wildman–Crippen LogP) is 3.96. The molecule has 9 heteroatoms. The number of hydrogen-bond acceptors (Lipinski definition) is 5. The molecular formula is C25H22ClN3O4S. The van der Waals surface area contributed by atoms with E-state index in [1.807, 2.05) is 11.8 Å². The quantitative estimate of drug-likeness (QED) is 0.512. The molecule has 3 aromatic carbocycles. The van der Waals surface area contributed by atoms with Gasteiger partial charge >= 0.3 is 0 Å². The molecule has 0 radical (unpaired) electrons. The first-order chi connectivity index (χ1) is 16.3. The van der Waals surface area contributed by atoms with Crippen molar-refractivity contribution in [3.63, 3.8) is 0 Å². The normalized spacial score (nSPS) is 16.8. The number of piperazine rings is 1. The van der Waals surface area contributed by atoms with Gasteiger partial charge in [-0.3, -0.25) is 9.59 Å². The lowest BCUT2D eigenvalue weighted by atomic mass is 10.1. The van der Waals surface area contributed by atoms with Crippen LogP contribution in [0.2, 0.25) is 5.02 Å². The number of anilines is 2. The number of carbonyl (C=O) groups excluding carboxylic acids is 2. The number of carbonyl (C=O) groups is 2. The van der Waals surface area contributed by atoms with E-state index in [1.54, 1.807) is 66.7 Å². The van der Waals surface area contributed by atoms with E-state index >= 15 is 0 Å². The topological polar surface area (TPSA) is 78.0 Å². The monoisotopic (exact) mass is 495 g/mol. The van der Waals surface area contributed by atoms with Crippen LogP contribution in [0.1, 0.15) is 26.3 Å². The Labute approximate surface area is 203 Å². The Kier molecular flexibility index (Phi) is 5.67. The minimum Gasteiger partial charge on any atom is -0.366 e. The van der Waals surface area contributed by atoms with Crippen LogP contribution < -0.4 is 9.80 Å². The zero-order chi connectivity index (χ0) is 24.0. The number of halogens is 1. The van der Waals surface area contributed by atoms with Crippen LogP contribution in [0.5, 0.6) is 0 Å². The van der Waals surface area contributed by atoms with Crippen LogP contribution in [0.15, 0.2) is 71.6 Å². The highest BCUT2D eigenvalue weighted by atomic mass is 35.5. The number of nitrogens with zero attached hydrogens (tertiary/aromatic N) is 3. The van der Waals surface area contributed by atoms with Crippen LogP contribution in [-0.2, 0) is 10.0 Å². The summed E-state index contributed by atoms with van der Waals surface area (Å²) in [5.41, 5.74) is 2.64. The maximum Gasteiger partial charge on any atom is 0.266 e. The van der Waals surface area contributed by atoms with Crippen LogP contribution in [0.4, 0.5) is 11.4 Å². The summed E-state index contributed by atoms with van der Waals surface area (Å²) < 4.78 is 27.6. The average molecular weight is 496 g/mol. The summed E-state index contributed by atoms with van der Waals surface area (Å²) in [7, 11) is -3.62. The van der Waals surface area contributed by atoms with Crippen molar-refractivity contribution < 1.29 is 18.0 Å². The standard InChI is InChI=1S/C25H22ClN3O4S/c1-17-9-11-18(12-10-17)34(32,33)28-15-13-27(14-16-28)23-21(26)7-4-8-22(23)29-24(30)19-5-2-3-6-20(19)25(29)31/h2-12H,13-16H2,1H3. The lowest BCUT2D eigenvalue weighted by molar-refractivity contribution is 0.0926. The Balaban J connectivity index is 1.42. The minimum atomic E-state index is -3.62. The van der Waals surface area contributed by atoms with Crippen LogP contribution in [0.3, 0.4) is 0 Å². The molecular weight excluding hydrogens is 474 g/mol. The third-order valence-electron chi connectivity index (χ3n) is 6.21. The van der Waals surface area contributed by atoms with E-state index < -0.39 is 21.8 Å². The number of para-hydroxylation sites is 1. The van der Waals surface area contributed by atoms with Crippen LogP contribution in [0, 0.1) is 6.92 Å². The maximum absolute atomic E-state index is 13.1. The smallest absolute Gasteiger partial charge is 0.266 e. The van der Waals surface area contributed by atoms with Crippen LogP contribution in [-0.4, -0.2) is 50.7 Å². The van der Waals surface area contributed by atoms with Crippen molar-refractivity contribution in [2.45, 2.75) is 11.8 Å². The molecule has 174 valence electrons. The van der Waals surface area contributed by atoms with Crippen molar-refractivity contribution in [3.05, 3.63) is 88.4 Å². The number of amides is 2. The summed E-state index contributed by atoms with van der Waals surface area (Å²) in [6.07, 6.45) is 0. The summed E-state index contributed by atoms with van der Waals surface area (Å²) in [6, 6.07) is 18.6. The van der Waals surface area contributed by atoms with Gasteiger partial charge in [-0.25, -0.2) is 13.3 Å². The van der Waals surface area contributed by atoms with Crippen molar-refractivity contribution in [2.75, 3.05) is 36.0 Å². The summed E-state index contributed by atoms with van der Waals surface area (Å²) in [5, 5.41) is 0.392. The van der Waals surface area contributed by atoms with Gasteiger partial charge in [0.05, 0.1) is 32.4 Å². The van der Waals surface area contributed by atoms with Crippen molar-refractivity contribution in [1.82, 2.24) is 4.31 Å². The molecule has 2 aliphatic rings. The average Bonchev–Trinajstić information content (AvgIpc) is 3.09. The van der Waals surface area contributed by atoms with Crippen molar-refractivity contribution in [1.29, 1.82) is 0 Å². The Morgan fingerprint density at radius 1 is 0.765 bits per heavy atom. The van der Waals surface area contributed by atoms with E-state index in [2.05, 4.69) is 0 Å². The second kappa shape index (κ2) is 8.54. The van der Waals surface area contributed by atoms with E-state index in [0.29, 0.717) is 40.6 Å². The van der Waals surface area contributed by atoms with Gasteiger partial charge in [0.15, 0.2) is 0 Å². The van der Waals surface area contributed by atoms with Crippen LogP contribution in [0.25, 0.3) is 0 Å². The first kappa shape index (κ1) is 22.6. The van der Waals surface area contributed by atoms with Gasteiger partial charge in [-0.1, -0.05) is 47.5 Å². The van der Waals surface area contributed by atoms with E-state index in [9.17, 15) is 18.0 Å². The molecule has 0 unspecified atom stereocenters. The number of aryl methyl sites for hydroxylation is 1. The summed E-state index contributed by atoms with van der Waals surface area (Å²) >= 11 is 6.56. The van der Waals surface area contributed by atoms with E-state index in [0.717, 1.165) is 10.5 Å². The van der Waals surface area contributed by atoms with Gasteiger partial charge in [0.2, 0.25) is 10.0 Å². The molecule has 2 heterocycles. The lowest BCUT2D eigenvalue weighted by Crippen LogP contribution is -2.49. The first-order valence-electron chi connectivity index (χ1n) is 10.9. The van der Waals surface area contributed by atoms with Gasteiger partial charge in [0, 0.05) is 26.2 Å². The molecule has 0 atom stereocenters. The molecule has 7 nitrogen and oxygen atoms in total. The Bertz CT molecular complexity index is 1360. The fourth-order valence-corrected chi connectivity index (χ4v) is 6.13. The third kappa shape index (κ3) is 3.68. The van der Waals surface area contributed by atoms with E-state index in [1.165, 1.54) is 4.31 Å². The lowest BCUT2D eigenvalue weighted by Gasteiger charge is -2.37. The maximum atomic E-state index is 13.1. The van der Waals surface area contributed by atoms with Gasteiger partial charge in [-0.2, -0.15) is 4.31 Å². The van der Waals surface area contributed by atoms with Crippen molar-refractivity contribution in [2.24, 2.45) is 0 Å². The van der Waals surface area contributed by atoms with Crippen molar-refractivity contribution >= 4 is 44.8 Å². The fourth-order valence-electron chi connectivity index (χ4n) is 4.42. The third-order valence-corrected chi connectivity index (χ3v) is 8.43. The molecule has 0 aliphatic carbocycles. The number of benzene rings is 3. The highest BCUT2D eigenvalue weighted by Gasteiger charge is 2.39. The Hall–Kier alpha value is -3.20. The molecule has 0 bridgehead atoms. The second-order valence-corrected chi connectivity index (χ2v) is 10.6. The number of fused-ring (bicyclic) bond motifs is 1. The highest BCUT2D eigenvalue weighted by molar-refractivity contribution is 7.89. The molecule has 34 heavy (non-hydrogen) atoms. The largest absolute Gasteiger partial charge is 0.366 e. The van der Waals surface area contributed by atoms with Crippen LogP contribution >= 0.6 is 11.6 Å². The molecule has 2 aliphatic heterocycles. The molecule has 2 amide bonds. The van der Waals surface area contributed by atoms with Gasteiger partial charge in [0.1, 0.15) is 0 Å². The number of imide groups is 1. The predicted molar refractivity (Wildman–Crippen MR) is 131 cm³/mol. The molecule has 0 spiro atoms. The van der Waals surface area contributed by atoms with Gasteiger partial charge in [-0.15, -0.1) is 0 Å². The molecule has 1 saturated heterocycles. The highest BCUT2D eigenvalue weighted by Crippen LogP contribution is 2.40. The van der Waals surface area contributed by atoms with E-state index in [4.69, 9.17) is 11.6 Å². The van der Waals surface area contributed by atoms with E-state index in [-0.39, 0.29) is 18.0 Å². The Morgan fingerprint density at radius 2 is 1.35 bits per heavy atom. The molecule has 5 rings (SSSR count). The SMILES string of the molecule is Cc1ccc(S(=O)(=O)N2CCN(c3c(Cl)cccc3N3C(=O)c4ccccc4C3=O)CC2)cc1. The molecule has 0 saturated carbocycles. The Morgan fingerprint density at radius 3 is 1.94 bits per heavy atom. The first-order valence-corrected chi connectivity index (χ1v) is 12.7. The zero-order valence-corrected chi connectivity index (χ0v) is 20.0. The number of hydrogen-bond donors (Lipinski definition) is 0. The summed E-state index contributed by atoms with van der Waals surface area (Å²) in [5.74, 6) is -0.797. The molecule has 0 N–H and O–H groups in total. The number of sulfonamides is 1. The summed E-state index contributed by atoms with van der Waals surface area (Å²) in [4.78, 5) is 29.5. The number of rotatable bonds is 4. The van der Waals surface area contributed by atoms with Gasteiger partial charge < -0.3 is 4.90 Å². The fraction of sp³-hybridized carbons (Fsp3) is 0.200. The minimum absolute atomic E-state index is 0.253. The van der Waals surface area contributed by atoms with Gasteiger partial charge in [0.25, 0.3) is 11.8 Å². The second-order valence-electron chi connectivity index (χ2n) is 8.30. The molecule has 1 fully saturated rings. The van der Waals surface area contributed by atoms with Crippen molar-refractivity contribution in [3.8, 4) is 0 Å². The molecule has 0 aromatic heterocycles.